The lowest BCUT2D eigenvalue weighted by Gasteiger charge is -2.21. The van der Waals surface area contributed by atoms with Crippen LogP contribution in [0.2, 0.25) is 5.02 Å². The highest BCUT2D eigenvalue weighted by molar-refractivity contribution is 6.31. The van der Waals surface area contributed by atoms with Crippen LogP contribution in [-0.4, -0.2) is 12.6 Å². The maximum Gasteiger partial charge on any atom is 0.0438 e. The van der Waals surface area contributed by atoms with E-state index in [2.05, 4.69) is 56.4 Å². The molecular weight excluding hydrogens is 278 g/mol. The molecule has 0 amide bonds. The quantitative estimate of drug-likeness (QED) is 0.814. The zero-order valence-electron chi connectivity index (χ0n) is 13.1. The minimum absolute atomic E-state index is 0.412. The first-order chi connectivity index (χ1) is 10.1. The monoisotopic (exact) mass is 301 g/mol. The van der Waals surface area contributed by atoms with E-state index in [1.54, 1.807) is 0 Å². The second-order valence-corrected chi connectivity index (χ2v) is 6.03. The minimum atomic E-state index is 0.412. The molecule has 2 aromatic carbocycles. The fourth-order valence-electron chi connectivity index (χ4n) is 2.85. The van der Waals surface area contributed by atoms with Crippen LogP contribution in [0.4, 0.5) is 0 Å². The van der Waals surface area contributed by atoms with Crippen LogP contribution in [0.3, 0.4) is 0 Å². The summed E-state index contributed by atoms with van der Waals surface area (Å²) in [7, 11) is 0. The van der Waals surface area contributed by atoms with E-state index >= 15 is 0 Å². The van der Waals surface area contributed by atoms with Gasteiger partial charge >= 0.3 is 0 Å². The van der Waals surface area contributed by atoms with Crippen LogP contribution in [0.5, 0.6) is 0 Å². The smallest absolute Gasteiger partial charge is 0.0438 e. The normalized spacial score (nSPS) is 12.4. The van der Waals surface area contributed by atoms with Crippen molar-refractivity contribution in [2.75, 3.05) is 6.54 Å². The lowest BCUT2D eigenvalue weighted by atomic mass is 9.93. The van der Waals surface area contributed by atoms with E-state index < -0.39 is 0 Å². The lowest BCUT2D eigenvalue weighted by molar-refractivity contribution is 0.519. The molecule has 0 bridgehead atoms. The summed E-state index contributed by atoms with van der Waals surface area (Å²) in [6, 6.07) is 15.1. The lowest BCUT2D eigenvalue weighted by Crippen LogP contribution is -2.33. The van der Waals surface area contributed by atoms with Gasteiger partial charge in [-0.3, -0.25) is 0 Å². The van der Waals surface area contributed by atoms with E-state index in [9.17, 15) is 0 Å². The maximum absolute atomic E-state index is 6.31. The maximum atomic E-state index is 6.31. The molecule has 0 aromatic heterocycles. The Labute approximate surface area is 133 Å². The van der Waals surface area contributed by atoms with E-state index in [-0.39, 0.29) is 0 Å². The molecule has 1 unspecified atom stereocenters. The topological polar surface area (TPSA) is 12.0 Å². The van der Waals surface area contributed by atoms with Crippen molar-refractivity contribution in [3.8, 4) is 0 Å². The third-order valence-electron chi connectivity index (χ3n) is 4.01. The predicted octanol–water partition coefficient (Wildman–Crippen LogP) is 4.72. The molecule has 0 aliphatic rings. The fraction of sp³-hybridized carbons (Fsp3) is 0.368. The van der Waals surface area contributed by atoms with E-state index in [0.29, 0.717) is 6.04 Å². The zero-order valence-corrected chi connectivity index (χ0v) is 13.9. The number of hydrogen-bond acceptors (Lipinski definition) is 1. The summed E-state index contributed by atoms with van der Waals surface area (Å²) in [4.78, 5) is 0. The Morgan fingerprint density at radius 2 is 1.62 bits per heavy atom. The SMILES string of the molecule is CCNC(Cc1ccccc1Cl)Cc1c(C)cccc1C. The molecule has 2 heteroatoms. The molecule has 0 fully saturated rings. The van der Waals surface area contributed by atoms with Crippen LogP contribution in [0.25, 0.3) is 0 Å². The van der Waals surface area contributed by atoms with Crippen molar-refractivity contribution in [3.63, 3.8) is 0 Å². The van der Waals surface area contributed by atoms with Gasteiger partial charge in [0.25, 0.3) is 0 Å². The van der Waals surface area contributed by atoms with Gasteiger partial charge in [-0.15, -0.1) is 0 Å². The molecular formula is C19H24ClN. The van der Waals surface area contributed by atoms with Crippen LogP contribution < -0.4 is 5.32 Å². The molecule has 1 nitrogen and oxygen atoms in total. The van der Waals surface area contributed by atoms with Crippen molar-refractivity contribution < 1.29 is 0 Å². The number of aryl methyl sites for hydroxylation is 2. The number of rotatable bonds is 6. The molecule has 0 saturated carbocycles. The molecule has 0 saturated heterocycles. The van der Waals surface area contributed by atoms with Gasteiger partial charge in [0, 0.05) is 11.1 Å². The van der Waals surface area contributed by atoms with Gasteiger partial charge in [-0.1, -0.05) is 54.9 Å². The second-order valence-electron chi connectivity index (χ2n) is 5.62. The third kappa shape index (κ3) is 4.33. The Balaban J connectivity index is 2.18. The zero-order chi connectivity index (χ0) is 15.2. The van der Waals surface area contributed by atoms with Crippen LogP contribution in [-0.2, 0) is 12.8 Å². The first kappa shape index (κ1) is 16.1. The van der Waals surface area contributed by atoms with Crippen molar-refractivity contribution >= 4 is 11.6 Å². The Morgan fingerprint density at radius 1 is 0.952 bits per heavy atom. The van der Waals surface area contributed by atoms with Gasteiger partial charge in [-0.25, -0.2) is 0 Å². The van der Waals surface area contributed by atoms with Gasteiger partial charge in [-0.05, 0) is 61.6 Å². The van der Waals surface area contributed by atoms with Crippen molar-refractivity contribution in [1.29, 1.82) is 0 Å². The van der Waals surface area contributed by atoms with Crippen LogP contribution in [0.1, 0.15) is 29.2 Å². The Bertz CT molecular complexity index is 572. The molecule has 1 atom stereocenters. The standard InChI is InChI=1S/C19H24ClN/c1-4-21-17(12-16-10-5-6-11-19(16)20)13-18-14(2)8-7-9-15(18)3/h5-11,17,21H,4,12-13H2,1-3H3. The van der Waals surface area contributed by atoms with Gasteiger partial charge in [0.2, 0.25) is 0 Å². The molecule has 0 heterocycles. The molecule has 2 rings (SSSR count). The van der Waals surface area contributed by atoms with E-state index in [0.717, 1.165) is 24.4 Å². The third-order valence-corrected chi connectivity index (χ3v) is 4.38. The number of likely N-dealkylation sites (N-methyl/N-ethyl adjacent to an activating group) is 1. The first-order valence-corrected chi connectivity index (χ1v) is 8.01. The fourth-order valence-corrected chi connectivity index (χ4v) is 3.06. The minimum Gasteiger partial charge on any atom is -0.314 e. The predicted molar refractivity (Wildman–Crippen MR) is 92.2 cm³/mol. The summed E-state index contributed by atoms with van der Waals surface area (Å²) in [6.07, 6.45) is 2.00. The highest BCUT2D eigenvalue weighted by Crippen LogP contribution is 2.20. The number of benzene rings is 2. The Morgan fingerprint density at radius 3 is 2.24 bits per heavy atom. The molecule has 2 aromatic rings. The van der Waals surface area contributed by atoms with Crippen LogP contribution in [0, 0.1) is 13.8 Å². The van der Waals surface area contributed by atoms with E-state index in [1.807, 2.05) is 12.1 Å². The van der Waals surface area contributed by atoms with Gasteiger partial charge < -0.3 is 5.32 Å². The van der Waals surface area contributed by atoms with Crippen LogP contribution in [0.15, 0.2) is 42.5 Å². The average Bonchev–Trinajstić information content (AvgIpc) is 2.45. The molecule has 1 N–H and O–H groups in total. The molecule has 0 aliphatic carbocycles. The summed E-state index contributed by atoms with van der Waals surface area (Å²) in [6.45, 7) is 7.52. The summed E-state index contributed by atoms with van der Waals surface area (Å²) in [5.41, 5.74) is 5.42. The Kier molecular flexibility index (Phi) is 5.84. The first-order valence-electron chi connectivity index (χ1n) is 7.63. The largest absolute Gasteiger partial charge is 0.314 e. The summed E-state index contributed by atoms with van der Waals surface area (Å²) >= 11 is 6.31. The number of nitrogens with one attached hydrogen (secondary N) is 1. The number of hydrogen-bond donors (Lipinski definition) is 1. The van der Waals surface area contributed by atoms with Gasteiger partial charge in [-0.2, -0.15) is 0 Å². The molecule has 0 spiro atoms. The van der Waals surface area contributed by atoms with Crippen LogP contribution >= 0.6 is 11.6 Å². The molecule has 0 radical (unpaired) electrons. The Hall–Kier alpha value is -1.31. The molecule has 21 heavy (non-hydrogen) atoms. The highest BCUT2D eigenvalue weighted by atomic mass is 35.5. The molecule has 112 valence electrons. The van der Waals surface area contributed by atoms with Crippen molar-refractivity contribution in [2.45, 2.75) is 39.7 Å². The number of halogens is 1. The molecule has 0 aliphatic heterocycles. The van der Waals surface area contributed by atoms with Gasteiger partial charge in [0.15, 0.2) is 0 Å². The highest BCUT2D eigenvalue weighted by Gasteiger charge is 2.14. The van der Waals surface area contributed by atoms with Gasteiger partial charge in [0.1, 0.15) is 0 Å². The van der Waals surface area contributed by atoms with Gasteiger partial charge in [0.05, 0.1) is 0 Å². The second kappa shape index (κ2) is 7.63. The summed E-state index contributed by atoms with van der Waals surface area (Å²) in [5.74, 6) is 0. The van der Waals surface area contributed by atoms with Crippen molar-refractivity contribution in [2.24, 2.45) is 0 Å². The summed E-state index contributed by atoms with van der Waals surface area (Å²) < 4.78 is 0. The average molecular weight is 302 g/mol. The van der Waals surface area contributed by atoms with E-state index in [1.165, 1.54) is 22.3 Å². The van der Waals surface area contributed by atoms with Crippen molar-refractivity contribution in [1.82, 2.24) is 5.32 Å². The van der Waals surface area contributed by atoms with Crippen molar-refractivity contribution in [3.05, 3.63) is 69.7 Å². The van der Waals surface area contributed by atoms with E-state index in [4.69, 9.17) is 11.6 Å². The summed E-state index contributed by atoms with van der Waals surface area (Å²) in [5, 5.41) is 4.47.